The summed E-state index contributed by atoms with van der Waals surface area (Å²) < 4.78 is 5.59. The number of amides is 3. The van der Waals surface area contributed by atoms with Crippen LogP contribution in [0.3, 0.4) is 0 Å². The van der Waals surface area contributed by atoms with Crippen molar-refractivity contribution in [3.05, 3.63) is 92.5 Å². The van der Waals surface area contributed by atoms with E-state index in [0.29, 0.717) is 11.4 Å². The molecule has 0 fully saturated rings. The Morgan fingerprint density at radius 2 is 1.63 bits per heavy atom. The van der Waals surface area contributed by atoms with Crippen molar-refractivity contribution in [2.45, 2.75) is 0 Å². The number of urea groups is 1. The molecule has 0 aliphatic rings. The van der Waals surface area contributed by atoms with Crippen LogP contribution in [0.2, 0.25) is 10.0 Å². The highest BCUT2D eigenvalue weighted by molar-refractivity contribution is 6.34. The van der Waals surface area contributed by atoms with Crippen molar-refractivity contribution in [2.24, 2.45) is 0 Å². The van der Waals surface area contributed by atoms with Gasteiger partial charge in [-0.15, -0.1) is 0 Å². The lowest BCUT2D eigenvalue weighted by atomic mass is 10.2. The zero-order valence-electron chi connectivity index (χ0n) is 15.1. The highest BCUT2D eigenvalue weighted by Gasteiger charge is 2.14. The molecule has 8 nitrogen and oxygen atoms in total. The molecule has 10 heteroatoms. The van der Waals surface area contributed by atoms with Crippen LogP contribution in [0.1, 0.15) is 10.4 Å². The van der Waals surface area contributed by atoms with E-state index < -0.39 is 16.9 Å². The molecule has 152 valence electrons. The Kier molecular flexibility index (Phi) is 6.51. The summed E-state index contributed by atoms with van der Waals surface area (Å²) in [7, 11) is 0. The van der Waals surface area contributed by atoms with Crippen molar-refractivity contribution >= 4 is 46.5 Å². The van der Waals surface area contributed by atoms with E-state index >= 15 is 0 Å². The molecule has 30 heavy (non-hydrogen) atoms. The number of nitrogens with zero attached hydrogens (tertiary/aromatic N) is 1. The molecular weight excluding hydrogens is 433 g/mol. The summed E-state index contributed by atoms with van der Waals surface area (Å²) in [5.41, 5.74) is 0.421. The molecule has 0 saturated carbocycles. The molecule has 3 rings (SSSR count). The maximum atomic E-state index is 12.1. The number of imide groups is 1. The molecule has 0 aromatic heterocycles. The molecule has 0 unspecified atom stereocenters. The number of nitrogens with one attached hydrogen (secondary N) is 2. The first-order valence-corrected chi connectivity index (χ1v) is 9.18. The maximum absolute atomic E-state index is 12.1. The minimum atomic E-state index is -0.764. The number of carbonyl (C=O) groups excluding carboxylic acids is 2. The fourth-order valence-electron chi connectivity index (χ4n) is 2.40. The fraction of sp³-hybridized carbons (Fsp3) is 0. The summed E-state index contributed by atoms with van der Waals surface area (Å²) >= 11 is 12.1. The Hall–Kier alpha value is -3.62. The highest BCUT2D eigenvalue weighted by Crippen LogP contribution is 2.32. The second-order valence-electron chi connectivity index (χ2n) is 5.89. The number of nitro groups is 1. The van der Waals surface area contributed by atoms with E-state index in [-0.39, 0.29) is 27.0 Å². The Morgan fingerprint density at radius 3 is 2.27 bits per heavy atom. The highest BCUT2D eigenvalue weighted by atomic mass is 35.5. The van der Waals surface area contributed by atoms with Gasteiger partial charge in [-0.05, 0) is 42.5 Å². The van der Waals surface area contributed by atoms with Crippen LogP contribution in [0.5, 0.6) is 11.5 Å². The predicted octanol–water partition coefficient (Wildman–Crippen LogP) is 5.66. The summed E-state index contributed by atoms with van der Waals surface area (Å²) in [6.45, 7) is 0. The smallest absolute Gasteiger partial charge is 0.326 e. The van der Waals surface area contributed by atoms with Gasteiger partial charge in [-0.25, -0.2) is 4.79 Å². The SMILES string of the molecule is O=C(NC(=O)c1ccccc1Cl)Nc1ccc(Oc2ccc([N+](=O)[O-])cc2)c(Cl)c1. The predicted molar refractivity (Wildman–Crippen MR) is 113 cm³/mol. The standard InChI is InChI=1S/C20H13Cl2N3O5/c21-16-4-2-1-3-15(16)19(26)24-20(27)23-12-5-10-18(17(22)11-12)30-14-8-6-13(7-9-14)25(28)29/h1-11H,(H2,23,24,26,27). The molecule has 2 N–H and O–H groups in total. The molecule has 3 aromatic rings. The Bertz CT molecular complexity index is 1120. The van der Waals surface area contributed by atoms with E-state index in [1.807, 2.05) is 0 Å². The Balaban J connectivity index is 1.63. The topological polar surface area (TPSA) is 111 Å². The van der Waals surface area contributed by atoms with Gasteiger partial charge in [0.1, 0.15) is 11.5 Å². The molecule has 0 atom stereocenters. The van der Waals surface area contributed by atoms with Crippen molar-refractivity contribution in [2.75, 3.05) is 5.32 Å². The van der Waals surface area contributed by atoms with Crippen LogP contribution in [-0.4, -0.2) is 16.9 Å². The second-order valence-corrected chi connectivity index (χ2v) is 6.70. The number of nitro benzene ring substituents is 1. The molecule has 0 heterocycles. The third-order valence-electron chi connectivity index (χ3n) is 3.81. The monoisotopic (exact) mass is 445 g/mol. The van der Waals surface area contributed by atoms with E-state index in [1.165, 1.54) is 54.6 Å². The van der Waals surface area contributed by atoms with Crippen LogP contribution in [0.4, 0.5) is 16.2 Å². The number of anilines is 1. The lowest BCUT2D eigenvalue weighted by Gasteiger charge is -2.11. The van der Waals surface area contributed by atoms with Gasteiger partial charge in [-0.2, -0.15) is 0 Å². The van der Waals surface area contributed by atoms with Gasteiger partial charge in [0.2, 0.25) is 0 Å². The second kappa shape index (κ2) is 9.25. The first-order chi connectivity index (χ1) is 14.3. The van der Waals surface area contributed by atoms with Gasteiger partial charge in [0.25, 0.3) is 11.6 Å². The number of halogens is 2. The number of benzene rings is 3. The molecular formula is C20H13Cl2N3O5. The number of ether oxygens (including phenoxy) is 1. The normalized spacial score (nSPS) is 10.2. The minimum absolute atomic E-state index is 0.0645. The lowest BCUT2D eigenvalue weighted by Crippen LogP contribution is -2.34. The molecule has 0 spiro atoms. The van der Waals surface area contributed by atoms with Crippen LogP contribution in [0.25, 0.3) is 0 Å². The number of rotatable bonds is 5. The summed E-state index contributed by atoms with van der Waals surface area (Å²) in [6.07, 6.45) is 0. The largest absolute Gasteiger partial charge is 0.456 e. The maximum Gasteiger partial charge on any atom is 0.326 e. The van der Waals surface area contributed by atoms with Gasteiger partial charge >= 0.3 is 6.03 Å². The molecule has 0 bridgehead atoms. The average molecular weight is 446 g/mol. The lowest BCUT2D eigenvalue weighted by molar-refractivity contribution is -0.384. The van der Waals surface area contributed by atoms with Crippen molar-refractivity contribution < 1.29 is 19.2 Å². The third-order valence-corrected chi connectivity index (χ3v) is 4.44. The van der Waals surface area contributed by atoms with Crippen LogP contribution in [-0.2, 0) is 0 Å². The molecule has 3 aromatic carbocycles. The van der Waals surface area contributed by atoms with Gasteiger partial charge in [-0.3, -0.25) is 20.2 Å². The summed E-state index contributed by atoms with van der Waals surface area (Å²) in [5, 5.41) is 15.8. The van der Waals surface area contributed by atoms with Gasteiger partial charge in [0, 0.05) is 17.8 Å². The van der Waals surface area contributed by atoms with Crippen LogP contribution in [0.15, 0.2) is 66.7 Å². The Labute approximate surface area is 180 Å². The number of carbonyl (C=O) groups is 2. The first kappa shape index (κ1) is 21.1. The Morgan fingerprint density at radius 1 is 0.933 bits per heavy atom. The third kappa shape index (κ3) is 5.25. The van der Waals surface area contributed by atoms with E-state index in [0.717, 1.165) is 0 Å². The molecule has 3 amide bonds. The van der Waals surface area contributed by atoms with Crippen LogP contribution in [0, 0.1) is 10.1 Å². The van der Waals surface area contributed by atoms with E-state index in [9.17, 15) is 19.7 Å². The van der Waals surface area contributed by atoms with Crippen molar-refractivity contribution in [3.63, 3.8) is 0 Å². The quantitative estimate of drug-likeness (QED) is 0.388. The molecule has 0 aliphatic heterocycles. The van der Waals surface area contributed by atoms with E-state index in [4.69, 9.17) is 27.9 Å². The molecule has 0 radical (unpaired) electrons. The summed E-state index contributed by atoms with van der Waals surface area (Å²) in [4.78, 5) is 34.4. The van der Waals surface area contributed by atoms with Crippen molar-refractivity contribution in [1.29, 1.82) is 0 Å². The fourth-order valence-corrected chi connectivity index (χ4v) is 2.84. The summed E-state index contributed by atoms with van der Waals surface area (Å²) in [6, 6.07) is 15.5. The van der Waals surface area contributed by atoms with Crippen LogP contribution < -0.4 is 15.4 Å². The van der Waals surface area contributed by atoms with E-state index in [2.05, 4.69) is 10.6 Å². The number of non-ortho nitro benzene ring substituents is 1. The van der Waals surface area contributed by atoms with Gasteiger partial charge in [-0.1, -0.05) is 35.3 Å². The first-order valence-electron chi connectivity index (χ1n) is 8.42. The zero-order chi connectivity index (χ0) is 21.7. The van der Waals surface area contributed by atoms with Gasteiger partial charge in [0.15, 0.2) is 0 Å². The zero-order valence-corrected chi connectivity index (χ0v) is 16.6. The van der Waals surface area contributed by atoms with Crippen molar-refractivity contribution in [1.82, 2.24) is 5.32 Å². The van der Waals surface area contributed by atoms with Crippen molar-refractivity contribution in [3.8, 4) is 11.5 Å². The summed E-state index contributed by atoms with van der Waals surface area (Å²) in [5.74, 6) is -0.0165. The average Bonchev–Trinajstić information content (AvgIpc) is 2.70. The molecule has 0 saturated heterocycles. The minimum Gasteiger partial charge on any atom is -0.456 e. The number of hydrogen-bond acceptors (Lipinski definition) is 5. The van der Waals surface area contributed by atoms with E-state index in [1.54, 1.807) is 12.1 Å². The van der Waals surface area contributed by atoms with Crippen LogP contribution >= 0.6 is 23.2 Å². The van der Waals surface area contributed by atoms with Gasteiger partial charge in [0.05, 0.1) is 20.5 Å². The van der Waals surface area contributed by atoms with Gasteiger partial charge < -0.3 is 10.1 Å². The number of hydrogen-bond donors (Lipinski definition) is 2. The molecule has 0 aliphatic carbocycles.